The number of hydrogen-bond donors (Lipinski definition) is 1. The summed E-state index contributed by atoms with van der Waals surface area (Å²) in [5, 5.41) is 9.68. The van der Waals surface area contributed by atoms with Crippen LogP contribution in [-0.2, 0) is 16.1 Å². The summed E-state index contributed by atoms with van der Waals surface area (Å²) in [5.74, 6) is -0.712. The molecule has 1 aliphatic heterocycles. The Kier molecular flexibility index (Phi) is 4.54. The van der Waals surface area contributed by atoms with Crippen LogP contribution in [0.4, 0.5) is 4.39 Å². The number of aliphatic hydroxyl groups is 1. The lowest BCUT2D eigenvalue weighted by Crippen LogP contribution is -2.36. The van der Waals surface area contributed by atoms with Gasteiger partial charge < -0.3 is 9.84 Å². The SMILES string of the molecule is COC(=O)C1CC(O)CN1Cc1cccc(F)c1Br. The quantitative estimate of drug-likeness (QED) is 0.856. The fourth-order valence-corrected chi connectivity index (χ4v) is 2.71. The molecule has 1 aromatic carbocycles. The Morgan fingerprint density at radius 1 is 1.63 bits per heavy atom. The van der Waals surface area contributed by atoms with E-state index in [1.165, 1.54) is 13.2 Å². The first kappa shape index (κ1) is 14.4. The van der Waals surface area contributed by atoms with Gasteiger partial charge in [-0.25, -0.2) is 4.39 Å². The molecule has 0 aromatic heterocycles. The number of carbonyl (C=O) groups excluding carboxylic acids is 1. The van der Waals surface area contributed by atoms with Crippen LogP contribution in [0.3, 0.4) is 0 Å². The first-order valence-corrected chi connectivity index (χ1v) is 6.75. The highest BCUT2D eigenvalue weighted by molar-refractivity contribution is 9.10. The first-order chi connectivity index (χ1) is 9.02. The second-order valence-corrected chi connectivity index (χ2v) is 5.36. The molecule has 1 aromatic rings. The number of nitrogens with zero attached hydrogens (tertiary/aromatic N) is 1. The summed E-state index contributed by atoms with van der Waals surface area (Å²) in [6.07, 6.45) is -0.212. The number of carbonyl (C=O) groups is 1. The third-order valence-electron chi connectivity index (χ3n) is 3.26. The van der Waals surface area contributed by atoms with Gasteiger partial charge in [-0.3, -0.25) is 9.69 Å². The monoisotopic (exact) mass is 331 g/mol. The number of esters is 1. The molecular formula is C13H15BrFNO3. The highest BCUT2D eigenvalue weighted by Gasteiger charge is 2.36. The average molecular weight is 332 g/mol. The molecule has 2 atom stereocenters. The van der Waals surface area contributed by atoms with Crippen molar-refractivity contribution in [3.8, 4) is 0 Å². The van der Waals surface area contributed by atoms with E-state index in [1.807, 2.05) is 0 Å². The molecule has 19 heavy (non-hydrogen) atoms. The standard InChI is InChI=1S/C13H15BrFNO3/c1-19-13(18)11-5-9(17)7-16(11)6-8-3-2-4-10(15)12(8)14/h2-4,9,11,17H,5-7H2,1H3. The maximum absolute atomic E-state index is 13.4. The van der Waals surface area contributed by atoms with Crippen molar-refractivity contribution >= 4 is 21.9 Å². The normalized spacial score (nSPS) is 23.6. The minimum absolute atomic E-state index is 0.341. The Morgan fingerprint density at radius 2 is 2.37 bits per heavy atom. The van der Waals surface area contributed by atoms with Gasteiger partial charge in [-0.2, -0.15) is 0 Å². The molecular weight excluding hydrogens is 317 g/mol. The van der Waals surface area contributed by atoms with Gasteiger partial charge in [0, 0.05) is 19.5 Å². The van der Waals surface area contributed by atoms with Crippen LogP contribution < -0.4 is 0 Å². The number of halogens is 2. The lowest BCUT2D eigenvalue weighted by atomic mass is 10.1. The van der Waals surface area contributed by atoms with Crippen LogP contribution in [0.25, 0.3) is 0 Å². The first-order valence-electron chi connectivity index (χ1n) is 5.95. The van der Waals surface area contributed by atoms with Crippen molar-refractivity contribution in [3.05, 3.63) is 34.1 Å². The molecule has 4 nitrogen and oxygen atoms in total. The van der Waals surface area contributed by atoms with E-state index in [1.54, 1.807) is 17.0 Å². The Morgan fingerprint density at radius 3 is 3.05 bits per heavy atom. The van der Waals surface area contributed by atoms with E-state index in [4.69, 9.17) is 4.74 Å². The molecule has 1 N–H and O–H groups in total. The van der Waals surface area contributed by atoms with E-state index < -0.39 is 12.1 Å². The topological polar surface area (TPSA) is 49.8 Å². The Bertz CT molecular complexity index is 483. The zero-order valence-electron chi connectivity index (χ0n) is 10.5. The third kappa shape index (κ3) is 3.13. The molecule has 6 heteroatoms. The molecule has 1 saturated heterocycles. The van der Waals surface area contributed by atoms with Crippen LogP contribution in [0.5, 0.6) is 0 Å². The van der Waals surface area contributed by atoms with E-state index in [9.17, 15) is 14.3 Å². The van der Waals surface area contributed by atoms with Crippen LogP contribution in [0.2, 0.25) is 0 Å². The summed E-state index contributed by atoms with van der Waals surface area (Å²) in [4.78, 5) is 13.5. The minimum Gasteiger partial charge on any atom is -0.468 e. The summed E-state index contributed by atoms with van der Waals surface area (Å²) in [7, 11) is 1.32. The third-order valence-corrected chi connectivity index (χ3v) is 4.15. The second kappa shape index (κ2) is 5.98. The average Bonchev–Trinajstić information content (AvgIpc) is 2.75. The Labute approximate surface area is 119 Å². The van der Waals surface area contributed by atoms with Gasteiger partial charge in [0.2, 0.25) is 0 Å². The maximum atomic E-state index is 13.4. The number of hydrogen-bond acceptors (Lipinski definition) is 4. The number of benzene rings is 1. The van der Waals surface area contributed by atoms with Crippen molar-refractivity contribution in [2.75, 3.05) is 13.7 Å². The number of methoxy groups -OCH3 is 1. The number of β-amino-alcohol motifs (C(OH)–C–C–N with tert-alkyl or cyclic N) is 1. The van der Waals surface area contributed by atoms with Crippen LogP contribution in [-0.4, -0.2) is 41.8 Å². The number of likely N-dealkylation sites (tertiary alicyclic amines) is 1. The van der Waals surface area contributed by atoms with Crippen molar-refractivity contribution < 1.29 is 19.0 Å². The highest BCUT2D eigenvalue weighted by Crippen LogP contribution is 2.26. The van der Waals surface area contributed by atoms with Crippen molar-refractivity contribution in [2.45, 2.75) is 25.1 Å². The zero-order chi connectivity index (χ0) is 14.0. The molecule has 0 amide bonds. The van der Waals surface area contributed by atoms with E-state index in [2.05, 4.69) is 15.9 Å². The molecule has 2 unspecified atom stereocenters. The second-order valence-electron chi connectivity index (χ2n) is 4.57. The lowest BCUT2D eigenvalue weighted by molar-refractivity contribution is -0.146. The summed E-state index contributed by atoms with van der Waals surface area (Å²) in [6.45, 7) is 0.762. The fraction of sp³-hybridized carbons (Fsp3) is 0.462. The molecule has 0 saturated carbocycles. The lowest BCUT2D eigenvalue weighted by Gasteiger charge is -2.22. The van der Waals surface area contributed by atoms with Crippen molar-refractivity contribution in [3.63, 3.8) is 0 Å². The van der Waals surface area contributed by atoms with Crippen molar-refractivity contribution in [1.29, 1.82) is 0 Å². The van der Waals surface area contributed by atoms with Crippen LogP contribution in [0.15, 0.2) is 22.7 Å². The van der Waals surface area contributed by atoms with E-state index >= 15 is 0 Å². The van der Waals surface area contributed by atoms with Crippen LogP contribution in [0, 0.1) is 5.82 Å². The van der Waals surface area contributed by atoms with Crippen LogP contribution in [0.1, 0.15) is 12.0 Å². The Balaban J connectivity index is 2.17. The smallest absolute Gasteiger partial charge is 0.323 e. The molecule has 1 aliphatic rings. The van der Waals surface area contributed by atoms with E-state index in [0.717, 1.165) is 5.56 Å². The maximum Gasteiger partial charge on any atom is 0.323 e. The van der Waals surface area contributed by atoms with Crippen molar-refractivity contribution in [1.82, 2.24) is 4.90 Å². The molecule has 0 spiro atoms. The Hall–Kier alpha value is -0.980. The summed E-state index contributed by atoms with van der Waals surface area (Å²) < 4.78 is 18.6. The van der Waals surface area contributed by atoms with Gasteiger partial charge >= 0.3 is 5.97 Å². The largest absolute Gasteiger partial charge is 0.468 e. The molecule has 1 fully saturated rings. The van der Waals surface area contributed by atoms with Gasteiger partial charge in [-0.1, -0.05) is 12.1 Å². The minimum atomic E-state index is -0.559. The fourth-order valence-electron chi connectivity index (χ4n) is 2.32. The van der Waals surface area contributed by atoms with Crippen molar-refractivity contribution in [2.24, 2.45) is 0 Å². The predicted molar refractivity (Wildman–Crippen MR) is 70.9 cm³/mol. The van der Waals surface area contributed by atoms with Gasteiger partial charge in [0.1, 0.15) is 11.9 Å². The summed E-state index contributed by atoms with van der Waals surface area (Å²) in [5.41, 5.74) is 0.739. The highest BCUT2D eigenvalue weighted by atomic mass is 79.9. The number of ether oxygens (including phenoxy) is 1. The molecule has 104 valence electrons. The van der Waals surface area contributed by atoms with Gasteiger partial charge in [0.25, 0.3) is 0 Å². The van der Waals surface area contributed by atoms with E-state index in [0.29, 0.717) is 24.0 Å². The number of aliphatic hydroxyl groups excluding tert-OH is 1. The summed E-state index contributed by atoms with van der Waals surface area (Å²) >= 11 is 3.20. The molecule has 0 aliphatic carbocycles. The number of rotatable bonds is 3. The predicted octanol–water partition coefficient (Wildman–Crippen LogP) is 1.70. The molecule has 2 rings (SSSR count). The summed E-state index contributed by atoms with van der Waals surface area (Å²) in [6, 6.07) is 4.29. The zero-order valence-corrected chi connectivity index (χ0v) is 12.1. The van der Waals surface area contributed by atoms with E-state index in [-0.39, 0.29) is 11.8 Å². The van der Waals surface area contributed by atoms with Gasteiger partial charge in [-0.15, -0.1) is 0 Å². The molecule has 1 heterocycles. The van der Waals surface area contributed by atoms with Gasteiger partial charge in [-0.05, 0) is 27.6 Å². The molecule has 0 radical (unpaired) electrons. The molecule has 0 bridgehead atoms. The van der Waals surface area contributed by atoms with Gasteiger partial charge in [0.05, 0.1) is 17.7 Å². The van der Waals surface area contributed by atoms with Gasteiger partial charge in [0.15, 0.2) is 0 Å². The van der Waals surface area contributed by atoms with Crippen LogP contribution >= 0.6 is 15.9 Å².